The lowest BCUT2D eigenvalue weighted by Gasteiger charge is -2.14. The van der Waals surface area contributed by atoms with Crippen LogP contribution in [0.2, 0.25) is 0 Å². The Morgan fingerprint density at radius 3 is 3.06 bits per heavy atom. The van der Waals surface area contributed by atoms with Crippen LogP contribution in [0.5, 0.6) is 0 Å². The summed E-state index contributed by atoms with van der Waals surface area (Å²) in [4.78, 5) is 0. The van der Waals surface area contributed by atoms with Gasteiger partial charge in [-0.15, -0.1) is 0 Å². The van der Waals surface area contributed by atoms with E-state index in [4.69, 9.17) is 0 Å². The molecule has 2 rings (SSSR count). The molecule has 0 aromatic heterocycles. The summed E-state index contributed by atoms with van der Waals surface area (Å²) in [7, 11) is 0. The van der Waals surface area contributed by atoms with Crippen LogP contribution in [-0.4, -0.2) is 17.0 Å². The first kappa shape index (κ1) is 14.4. The molecule has 2 unspecified atom stereocenters. The van der Waals surface area contributed by atoms with E-state index in [1.54, 1.807) is 6.07 Å². The van der Waals surface area contributed by atoms with E-state index in [0.29, 0.717) is 10.5 Å². The lowest BCUT2D eigenvalue weighted by molar-refractivity contribution is 0.521. The number of nitrogens with one attached hydrogen (secondary N) is 1. The van der Waals surface area contributed by atoms with E-state index in [2.05, 4.69) is 39.9 Å². The summed E-state index contributed by atoms with van der Waals surface area (Å²) < 4.78 is 14.0. The first-order chi connectivity index (χ1) is 8.70. The van der Waals surface area contributed by atoms with Gasteiger partial charge in [0.05, 0.1) is 4.47 Å². The van der Waals surface area contributed by atoms with Crippen LogP contribution in [-0.2, 0) is 6.54 Å². The molecule has 4 heteroatoms. The molecule has 18 heavy (non-hydrogen) atoms. The van der Waals surface area contributed by atoms with Gasteiger partial charge in [0.1, 0.15) is 5.82 Å². The summed E-state index contributed by atoms with van der Waals surface area (Å²) in [6.07, 6.45) is 3.79. The second-order valence-corrected chi connectivity index (χ2v) is 7.05. The van der Waals surface area contributed by atoms with Crippen LogP contribution >= 0.6 is 27.7 Å². The molecule has 0 spiro atoms. The van der Waals surface area contributed by atoms with Crippen molar-refractivity contribution in [2.24, 2.45) is 0 Å². The number of thioether (sulfide) groups is 1. The van der Waals surface area contributed by atoms with Gasteiger partial charge in [-0.2, -0.15) is 11.8 Å². The topological polar surface area (TPSA) is 12.0 Å². The Kier molecular flexibility index (Phi) is 5.52. The summed E-state index contributed by atoms with van der Waals surface area (Å²) >= 11 is 5.37. The molecule has 0 heterocycles. The monoisotopic (exact) mass is 331 g/mol. The minimum Gasteiger partial charge on any atom is -0.310 e. The maximum Gasteiger partial charge on any atom is 0.137 e. The number of hydrogen-bond donors (Lipinski definition) is 1. The second kappa shape index (κ2) is 6.92. The fourth-order valence-corrected chi connectivity index (χ4v) is 4.00. The van der Waals surface area contributed by atoms with Gasteiger partial charge in [-0.25, -0.2) is 4.39 Å². The minimum atomic E-state index is -0.180. The first-order valence-electron chi connectivity index (χ1n) is 6.48. The zero-order chi connectivity index (χ0) is 13.0. The van der Waals surface area contributed by atoms with Crippen molar-refractivity contribution in [3.05, 3.63) is 34.1 Å². The van der Waals surface area contributed by atoms with Crippen LogP contribution in [0.15, 0.2) is 22.7 Å². The standard InChI is InChI=1S/C14H19BrFNS/c1-2-18-12-7-6-11(8-12)17-9-10-4-3-5-13(16)14(10)15/h3-5,11-12,17H,2,6-9H2,1H3. The number of benzene rings is 1. The third-order valence-electron chi connectivity index (χ3n) is 3.40. The largest absolute Gasteiger partial charge is 0.310 e. The Morgan fingerprint density at radius 1 is 1.44 bits per heavy atom. The average Bonchev–Trinajstić information content (AvgIpc) is 2.79. The maximum atomic E-state index is 13.4. The minimum absolute atomic E-state index is 0.180. The highest BCUT2D eigenvalue weighted by Crippen LogP contribution is 2.30. The van der Waals surface area contributed by atoms with E-state index in [0.717, 1.165) is 17.4 Å². The van der Waals surface area contributed by atoms with Crippen LogP contribution in [0.25, 0.3) is 0 Å². The molecular weight excluding hydrogens is 313 g/mol. The zero-order valence-electron chi connectivity index (χ0n) is 10.6. The molecule has 0 amide bonds. The average molecular weight is 332 g/mol. The van der Waals surface area contributed by atoms with Gasteiger partial charge in [-0.05, 0) is 52.6 Å². The molecule has 2 atom stereocenters. The number of halogens is 2. The summed E-state index contributed by atoms with van der Waals surface area (Å²) in [5, 5.41) is 4.35. The SMILES string of the molecule is CCSC1CCC(NCc2cccc(F)c2Br)C1. The van der Waals surface area contributed by atoms with Crippen LogP contribution in [0.1, 0.15) is 31.7 Å². The molecule has 1 fully saturated rings. The van der Waals surface area contributed by atoms with E-state index >= 15 is 0 Å². The molecule has 0 saturated heterocycles. The van der Waals surface area contributed by atoms with E-state index in [1.165, 1.54) is 31.1 Å². The molecule has 1 saturated carbocycles. The summed E-state index contributed by atoms with van der Waals surface area (Å²) in [5.41, 5.74) is 1.00. The lowest BCUT2D eigenvalue weighted by Crippen LogP contribution is -2.26. The van der Waals surface area contributed by atoms with Crippen molar-refractivity contribution in [3.8, 4) is 0 Å². The molecule has 1 aliphatic carbocycles. The van der Waals surface area contributed by atoms with Gasteiger partial charge in [0, 0.05) is 17.8 Å². The van der Waals surface area contributed by atoms with Gasteiger partial charge in [0.2, 0.25) is 0 Å². The van der Waals surface area contributed by atoms with Gasteiger partial charge in [-0.1, -0.05) is 19.1 Å². The maximum absolute atomic E-state index is 13.4. The Balaban J connectivity index is 1.83. The molecular formula is C14H19BrFNS. The van der Waals surface area contributed by atoms with Crippen LogP contribution in [0, 0.1) is 5.82 Å². The third kappa shape index (κ3) is 3.72. The van der Waals surface area contributed by atoms with E-state index < -0.39 is 0 Å². The van der Waals surface area contributed by atoms with Crippen molar-refractivity contribution in [2.45, 2.75) is 44.0 Å². The smallest absolute Gasteiger partial charge is 0.137 e. The number of hydrogen-bond acceptors (Lipinski definition) is 2. The van der Waals surface area contributed by atoms with Crippen LogP contribution in [0.3, 0.4) is 0 Å². The molecule has 0 bridgehead atoms. The molecule has 1 aliphatic rings. The fourth-order valence-electron chi connectivity index (χ4n) is 2.45. The highest BCUT2D eigenvalue weighted by Gasteiger charge is 2.24. The van der Waals surface area contributed by atoms with Gasteiger partial charge in [0.25, 0.3) is 0 Å². The van der Waals surface area contributed by atoms with Gasteiger partial charge in [-0.3, -0.25) is 0 Å². The lowest BCUT2D eigenvalue weighted by atomic mass is 10.2. The quantitative estimate of drug-likeness (QED) is 0.860. The van der Waals surface area contributed by atoms with Crippen molar-refractivity contribution in [1.82, 2.24) is 5.32 Å². The third-order valence-corrected chi connectivity index (χ3v) is 5.52. The summed E-state index contributed by atoms with van der Waals surface area (Å²) in [5.74, 6) is 1.02. The van der Waals surface area contributed by atoms with E-state index in [9.17, 15) is 4.39 Å². The van der Waals surface area contributed by atoms with Crippen molar-refractivity contribution < 1.29 is 4.39 Å². The molecule has 1 nitrogen and oxygen atoms in total. The fraction of sp³-hybridized carbons (Fsp3) is 0.571. The Hall–Kier alpha value is -0.0600. The highest BCUT2D eigenvalue weighted by molar-refractivity contribution is 9.10. The number of rotatable bonds is 5. The van der Waals surface area contributed by atoms with Crippen LogP contribution in [0.4, 0.5) is 4.39 Å². The van der Waals surface area contributed by atoms with Crippen molar-refractivity contribution >= 4 is 27.7 Å². The normalized spacial score (nSPS) is 23.5. The molecule has 1 aromatic rings. The Labute approximate surface area is 121 Å². The molecule has 100 valence electrons. The van der Waals surface area contributed by atoms with Crippen molar-refractivity contribution in [3.63, 3.8) is 0 Å². The van der Waals surface area contributed by atoms with Gasteiger partial charge < -0.3 is 5.32 Å². The molecule has 1 aromatic carbocycles. The predicted molar refractivity (Wildman–Crippen MR) is 80.5 cm³/mol. The van der Waals surface area contributed by atoms with Crippen LogP contribution < -0.4 is 5.32 Å². The molecule has 1 N–H and O–H groups in total. The predicted octanol–water partition coefficient (Wildman–Crippen LogP) is 4.35. The Bertz CT molecular complexity index is 399. The van der Waals surface area contributed by atoms with Crippen molar-refractivity contribution in [1.29, 1.82) is 0 Å². The first-order valence-corrected chi connectivity index (χ1v) is 8.32. The summed E-state index contributed by atoms with van der Waals surface area (Å²) in [6, 6.07) is 5.80. The van der Waals surface area contributed by atoms with E-state index in [1.807, 2.05) is 6.07 Å². The molecule has 0 radical (unpaired) electrons. The van der Waals surface area contributed by atoms with Crippen molar-refractivity contribution in [2.75, 3.05) is 5.75 Å². The zero-order valence-corrected chi connectivity index (χ0v) is 13.0. The Morgan fingerprint density at radius 2 is 2.28 bits per heavy atom. The highest BCUT2D eigenvalue weighted by atomic mass is 79.9. The van der Waals surface area contributed by atoms with Gasteiger partial charge in [0.15, 0.2) is 0 Å². The molecule has 0 aliphatic heterocycles. The van der Waals surface area contributed by atoms with Gasteiger partial charge >= 0.3 is 0 Å². The second-order valence-electron chi connectivity index (χ2n) is 4.68. The summed E-state index contributed by atoms with van der Waals surface area (Å²) in [6.45, 7) is 2.96. The van der Waals surface area contributed by atoms with E-state index in [-0.39, 0.29) is 5.82 Å².